The number of esters is 1. The minimum absolute atomic E-state index is 0.0278. The summed E-state index contributed by atoms with van der Waals surface area (Å²) in [5.41, 5.74) is -0.764. The van der Waals surface area contributed by atoms with Gasteiger partial charge in [-0.25, -0.2) is 4.79 Å². The zero-order valence-electron chi connectivity index (χ0n) is 28.1. The topological polar surface area (TPSA) is 296 Å². The summed E-state index contributed by atoms with van der Waals surface area (Å²) < 4.78 is 33.8. The number of aromatic hydroxyl groups is 5. The van der Waals surface area contributed by atoms with Crippen LogP contribution in [0.4, 0.5) is 0 Å². The van der Waals surface area contributed by atoms with E-state index in [2.05, 4.69) is 0 Å². The Morgan fingerprint density at radius 3 is 2.17 bits per heavy atom. The van der Waals surface area contributed by atoms with Crippen molar-refractivity contribution in [2.75, 3.05) is 6.61 Å². The summed E-state index contributed by atoms with van der Waals surface area (Å²) in [6, 6.07) is 11.2. The molecule has 2 fully saturated rings. The lowest BCUT2D eigenvalue weighted by atomic mass is 9.97. The number of carbonyl (C=O) groups excluding carboxylic acids is 1. The Kier molecular flexibility index (Phi) is 11.0. The summed E-state index contributed by atoms with van der Waals surface area (Å²) in [6.07, 6.45) is -14.7. The van der Waals surface area contributed by atoms with E-state index >= 15 is 0 Å². The van der Waals surface area contributed by atoms with Gasteiger partial charge in [-0.05, 0) is 48.9 Å². The molecule has 0 radical (unpaired) electrons. The lowest BCUT2D eigenvalue weighted by Crippen LogP contribution is -2.64. The fraction of sp³-hybridized carbons (Fsp3) is 0.333. The monoisotopic (exact) mass is 756 g/mol. The Hall–Kier alpha value is -5.44. The van der Waals surface area contributed by atoms with Gasteiger partial charge >= 0.3 is 5.97 Å². The Bertz CT molecular complexity index is 2080. The molecule has 0 bridgehead atoms. The molecule has 2 aliphatic rings. The van der Waals surface area contributed by atoms with Crippen LogP contribution >= 0.6 is 0 Å². The van der Waals surface area contributed by atoms with Gasteiger partial charge in [-0.15, -0.1) is 0 Å². The van der Waals surface area contributed by atoms with Crippen LogP contribution in [0, 0.1) is 0 Å². The van der Waals surface area contributed by atoms with Crippen molar-refractivity contribution in [3.05, 3.63) is 76.5 Å². The van der Waals surface area contributed by atoms with E-state index in [0.29, 0.717) is 5.56 Å². The summed E-state index contributed by atoms with van der Waals surface area (Å²) in [6.45, 7) is 0.763. The van der Waals surface area contributed by atoms with Gasteiger partial charge in [0.25, 0.3) is 0 Å². The number of hydrogen-bond donors (Lipinski definition) is 10. The number of hydrogen-bond acceptors (Lipinski definition) is 18. The van der Waals surface area contributed by atoms with Crippen molar-refractivity contribution in [3.63, 3.8) is 0 Å². The van der Waals surface area contributed by atoms with Crippen LogP contribution in [-0.2, 0) is 23.7 Å². The quantitative estimate of drug-likeness (QED) is 0.0623. The maximum Gasteiger partial charge on any atom is 0.330 e. The van der Waals surface area contributed by atoms with E-state index < -0.39 is 119 Å². The molecule has 1 aromatic heterocycles. The second-order valence-corrected chi connectivity index (χ2v) is 12.6. The van der Waals surface area contributed by atoms with Gasteiger partial charge in [0, 0.05) is 23.8 Å². The van der Waals surface area contributed by atoms with Crippen molar-refractivity contribution in [2.24, 2.45) is 0 Å². The van der Waals surface area contributed by atoms with Gasteiger partial charge in [-0.1, -0.05) is 12.1 Å². The molecule has 2 aliphatic heterocycles. The van der Waals surface area contributed by atoms with Gasteiger partial charge in [0.15, 0.2) is 23.5 Å². The number of aliphatic hydroxyl groups excluding tert-OH is 5. The molecule has 6 rings (SSSR count). The molecule has 0 spiro atoms. The summed E-state index contributed by atoms with van der Waals surface area (Å²) >= 11 is 0. The Balaban J connectivity index is 1.18. The molecule has 10 atom stereocenters. The smallest absolute Gasteiger partial charge is 0.330 e. The second kappa shape index (κ2) is 15.5. The maximum atomic E-state index is 13.7. The van der Waals surface area contributed by atoms with Crippen LogP contribution in [0.15, 0.2) is 69.9 Å². The lowest BCUT2D eigenvalue weighted by molar-refractivity contribution is -0.349. The Morgan fingerprint density at radius 1 is 0.759 bits per heavy atom. The highest BCUT2D eigenvalue weighted by Gasteiger charge is 2.50. The van der Waals surface area contributed by atoms with Crippen LogP contribution in [0.25, 0.3) is 28.4 Å². The molecule has 54 heavy (non-hydrogen) atoms. The highest BCUT2D eigenvalue weighted by atomic mass is 16.7. The third-order valence-electron chi connectivity index (χ3n) is 8.82. The van der Waals surface area contributed by atoms with E-state index in [-0.39, 0.29) is 16.9 Å². The molecule has 0 unspecified atom stereocenters. The van der Waals surface area contributed by atoms with Crippen molar-refractivity contribution in [3.8, 4) is 45.8 Å². The van der Waals surface area contributed by atoms with E-state index in [1.807, 2.05) is 0 Å². The third kappa shape index (κ3) is 7.77. The van der Waals surface area contributed by atoms with E-state index in [9.17, 15) is 60.7 Å². The van der Waals surface area contributed by atoms with Crippen LogP contribution in [0.1, 0.15) is 12.5 Å². The molecule has 3 aromatic carbocycles. The number of phenols is 5. The summed E-state index contributed by atoms with van der Waals surface area (Å²) in [4.78, 5) is 26.0. The van der Waals surface area contributed by atoms with Crippen LogP contribution in [-0.4, -0.2) is 125 Å². The zero-order chi connectivity index (χ0) is 39.0. The molecule has 288 valence electrons. The molecular formula is C36H36O18. The van der Waals surface area contributed by atoms with Crippen LogP contribution < -0.4 is 10.2 Å². The third-order valence-corrected chi connectivity index (χ3v) is 8.82. The van der Waals surface area contributed by atoms with Gasteiger partial charge in [-0.3, -0.25) is 4.79 Å². The molecular weight excluding hydrogens is 720 g/mol. The number of phenolic OH excluding ortho intramolecular Hbond substituents is 5. The van der Waals surface area contributed by atoms with Crippen molar-refractivity contribution < 1.29 is 84.0 Å². The van der Waals surface area contributed by atoms with E-state index in [1.54, 1.807) is 12.1 Å². The fourth-order valence-electron chi connectivity index (χ4n) is 5.92. The summed E-state index contributed by atoms with van der Waals surface area (Å²) in [5, 5.41) is 103. The number of fused-ring (bicyclic) bond motifs is 1. The largest absolute Gasteiger partial charge is 0.508 e. The standard InChI is InChI=1S/C36H36O18/c1-14-32(53-36-30(47)28(45)26(43)23(52-36)13-49-24(42)9-4-15-2-6-17(37)7-3-15)29(46)31(48)35(50-14)54-34-27(44)25-21(41)11-18(38)12-22(25)51-33(34)16-5-8-19(39)20(40)10-16/h2-12,14,23,26,28-32,35-41,43,45-48H,13H2,1H3/b9-4+/t14-,23+,26+,28-,29-,30+,31+,32-,35-,36-/m0/s1. The van der Waals surface area contributed by atoms with Crippen molar-refractivity contribution in [1.29, 1.82) is 0 Å². The number of benzene rings is 3. The highest BCUT2D eigenvalue weighted by Crippen LogP contribution is 2.40. The summed E-state index contributed by atoms with van der Waals surface area (Å²) in [5.74, 6) is -4.13. The van der Waals surface area contributed by atoms with E-state index in [0.717, 1.165) is 30.3 Å². The van der Waals surface area contributed by atoms with Crippen LogP contribution in [0.3, 0.4) is 0 Å². The Morgan fingerprint density at radius 2 is 1.46 bits per heavy atom. The number of aliphatic hydroxyl groups is 5. The van der Waals surface area contributed by atoms with E-state index in [4.69, 9.17) is 28.1 Å². The first-order valence-corrected chi connectivity index (χ1v) is 16.3. The lowest BCUT2D eigenvalue weighted by Gasteiger charge is -2.45. The van der Waals surface area contributed by atoms with Crippen LogP contribution in [0.2, 0.25) is 0 Å². The molecule has 0 saturated carbocycles. The van der Waals surface area contributed by atoms with Gasteiger partial charge in [0.2, 0.25) is 17.5 Å². The Labute approximate surface area is 304 Å². The molecule has 18 nitrogen and oxygen atoms in total. The molecule has 0 amide bonds. The molecule has 3 heterocycles. The number of carbonyl (C=O) groups is 1. The molecule has 2 saturated heterocycles. The molecule has 0 aliphatic carbocycles. The summed E-state index contributed by atoms with van der Waals surface area (Å²) in [7, 11) is 0. The minimum Gasteiger partial charge on any atom is -0.508 e. The maximum absolute atomic E-state index is 13.7. The minimum atomic E-state index is -2.00. The average Bonchev–Trinajstić information content (AvgIpc) is 3.13. The van der Waals surface area contributed by atoms with Gasteiger partial charge in [0.05, 0.1) is 6.10 Å². The molecule has 18 heteroatoms. The van der Waals surface area contributed by atoms with Crippen molar-refractivity contribution in [1.82, 2.24) is 0 Å². The highest BCUT2D eigenvalue weighted by molar-refractivity contribution is 5.88. The SMILES string of the molecule is C[C@@H]1O[C@@H](Oc2c(-c3ccc(O)c(O)c3)oc3cc(O)cc(O)c3c2=O)[C@H](O)[C@H](O)[C@H]1O[C@@H]1O[C@H](COC(=O)/C=C/c2ccc(O)cc2)[C@@H](O)[C@H](O)[C@H]1O. The molecule has 10 N–H and O–H groups in total. The normalized spacial score (nSPS) is 28.6. The van der Waals surface area contributed by atoms with Gasteiger partial charge < -0.3 is 79.2 Å². The predicted molar refractivity (Wildman–Crippen MR) is 181 cm³/mol. The first-order chi connectivity index (χ1) is 25.6. The fourth-order valence-corrected chi connectivity index (χ4v) is 5.92. The van der Waals surface area contributed by atoms with Crippen LogP contribution in [0.5, 0.6) is 34.5 Å². The van der Waals surface area contributed by atoms with Gasteiger partial charge in [0.1, 0.15) is 77.6 Å². The predicted octanol–water partition coefficient (Wildman–Crippen LogP) is 0.283. The number of rotatable bonds is 9. The first kappa shape index (κ1) is 38.3. The van der Waals surface area contributed by atoms with Gasteiger partial charge in [-0.2, -0.15) is 0 Å². The molecule has 4 aromatic rings. The average molecular weight is 757 g/mol. The number of ether oxygens (including phenoxy) is 5. The van der Waals surface area contributed by atoms with Crippen molar-refractivity contribution >= 4 is 23.0 Å². The second-order valence-electron chi connectivity index (χ2n) is 12.6. The first-order valence-electron chi connectivity index (χ1n) is 16.3. The van der Waals surface area contributed by atoms with E-state index in [1.165, 1.54) is 31.2 Å². The zero-order valence-corrected chi connectivity index (χ0v) is 28.1. The van der Waals surface area contributed by atoms with Crippen molar-refractivity contribution in [2.45, 2.75) is 68.3 Å².